The standard InChI is InChI=1S/C30H32N2O7S/c1-18(29(34)38-4)31-15-19-13-25(36-2)26(37-3)14-27(19)40-28(33)16-32-30(35)39-17-24-22-11-7-5-9-20(22)21-10-6-8-12-23(21)24/h5-14,18,24,31H,15-17H2,1-4H3,(H,32,35)/t18-/m0/s1/i28+1. The second-order valence-corrected chi connectivity index (χ2v) is 10.2. The van der Waals surface area contributed by atoms with Crippen LogP contribution in [-0.2, 0) is 25.6 Å². The Balaban J connectivity index is 1.36. The van der Waals surface area contributed by atoms with Crippen LogP contribution in [0.25, 0.3) is 11.1 Å². The molecular weight excluding hydrogens is 533 g/mol. The van der Waals surface area contributed by atoms with Crippen LogP contribution < -0.4 is 20.1 Å². The zero-order valence-electron chi connectivity index (χ0n) is 22.8. The average molecular weight is 566 g/mol. The Morgan fingerprint density at radius 1 is 0.900 bits per heavy atom. The SMILES string of the molecule is COC(=O)[C@H](C)NCc1cc(OC)c(OC)cc1S[13C](=O)CNC(=O)OCC1c2ccccc2-c2ccccc21. The summed E-state index contributed by atoms with van der Waals surface area (Å²) in [5.41, 5.74) is 5.21. The summed E-state index contributed by atoms with van der Waals surface area (Å²) in [6.45, 7) is 1.88. The molecule has 1 atom stereocenters. The quantitative estimate of drug-likeness (QED) is 0.197. The van der Waals surface area contributed by atoms with Crippen LogP contribution in [0.3, 0.4) is 0 Å². The van der Waals surface area contributed by atoms with Crippen LogP contribution in [0.5, 0.6) is 11.5 Å². The number of hydrogen-bond donors (Lipinski definition) is 2. The molecule has 1 aliphatic carbocycles. The number of methoxy groups -OCH3 is 3. The maximum absolute atomic E-state index is 12.8. The van der Waals surface area contributed by atoms with E-state index in [1.807, 2.05) is 36.4 Å². The molecule has 1 aliphatic rings. The molecule has 0 heterocycles. The van der Waals surface area contributed by atoms with Crippen LogP contribution in [0.4, 0.5) is 4.79 Å². The fourth-order valence-electron chi connectivity index (χ4n) is 4.61. The highest BCUT2D eigenvalue weighted by Gasteiger charge is 2.29. The van der Waals surface area contributed by atoms with Gasteiger partial charge in [0.2, 0.25) is 5.12 Å². The summed E-state index contributed by atoms with van der Waals surface area (Å²) < 4.78 is 21.1. The largest absolute Gasteiger partial charge is 0.493 e. The third-order valence-corrected chi connectivity index (χ3v) is 7.64. The summed E-state index contributed by atoms with van der Waals surface area (Å²) in [6, 6.07) is 19.0. The Morgan fingerprint density at radius 3 is 2.10 bits per heavy atom. The topological polar surface area (TPSA) is 112 Å². The van der Waals surface area contributed by atoms with Crippen LogP contribution in [0.1, 0.15) is 29.5 Å². The first kappa shape index (κ1) is 29.0. The van der Waals surface area contributed by atoms with Crippen molar-refractivity contribution < 1.29 is 33.3 Å². The average Bonchev–Trinajstić information content (AvgIpc) is 3.30. The van der Waals surface area contributed by atoms with Crippen LogP contribution in [0.2, 0.25) is 0 Å². The smallest absolute Gasteiger partial charge is 0.407 e. The monoisotopic (exact) mass is 565 g/mol. The Bertz CT molecular complexity index is 1350. The third kappa shape index (κ3) is 6.57. The molecule has 0 unspecified atom stereocenters. The number of carbonyl (C=O) groups excluding carboxylic acids is 3. The lowest BCUT2D eigenvalue weighted by Gasteiger charge is -2.17. The van der Waals surface area contributed by atoms with E-state index in [0.29, 0.717) is 22.0 Å². The molecule has 210 valence electrons. The zero-order valence-corrected chi connectivity index (χ0v) is 23.6. The van der Waals surface area contributed by atoms with E-state index >= 15 is 0 Å². The molecule has 2 N–H and O–H groups in total. The van der Waals surface area contributed by atoms with Crippen molar-refractivity contribution in [2.75, 3.05) is 34.5 Å². The fraction of sp³-hybridized carbons (Fsp3) is 0.300. The van der Waals surface area contributed by atoms with Crippen molar-refractivity contribution in [1.29, 1.82) is 0 Å². The Hall–Kier alpha value is -4.02. The molecule has 0 aliphatic heterocycles. The number of nitrogens with one attached hydrogen (secondary N) is 2. The number of thioether (sulfide) groups is 1. The van der Waals surface area contributed by atoms with Gasteiger partial charge in [-0.15, -0.1) is 0 Å². The minimum absolute atomic E-state index is 0.0718. The third-order valence-electron chi connectivity index (χ3n) is 6.66. The van der Waals surface area contributed by atoms with Crippen molar-refractivity contribution in [3.8, 4) is 22.6 Å². The second-order valence-electron chi connectivity index (χ2n) is 9.09. The van der Waals surface area contributed by atoms with Crippen LogP contribution >= 0.6 is 11.8 Å². The molecule has 0 radical (unpaired) electrons. The molecule has 3 aromatic carbocycles. The van der Waals surface area contributed by atoms with Crippen molar-refractivity contribution in [2.45, 2.75) is 30.3 Å². The van der Waals surface area contributed by atoms with E-state index in [4.69, 9.17) is 18.9 Å². The molecule has 4 rings (SSSR count). The van der Waals surface area contributed by atoms with Gasteiger partial charge in [-0.25, -0.2) is 4.79 Å². The maximum atomic E-state index is 12.8. The lowest BCUT2D eigenvalue weighted by Crippen LogP contribution is -2.34. The lowest BCUT2D eigenvalue weighted by atomic mass is 9.98. The van der Waals surface area contributed by atoms with Gasteiger partial charge in [-0.05, 0) is 58.6 Å². The van der Waals surface area contributed by atoms with Crippen LogP contribution in [-0.4, -0.2) is 57.7 Å². The van der Waals surface area contributed by atoms with Gasteiger partial charge >= 0.3 is 12.1 Å². The van der Waals surface area contributed by atoms with Gasteiger partial charge in [-0.1, -0.05) is 48.5 Å². The van der Waals surface area contributed by atoms with Crippen molar-refractivity contribution in [3.05, 3.63) is 77.4 Å². The van der Waals surface area contributed by atoms with Crippen LogP contribution in [0.15, 0.2) is 65.6 Å². The van der Waals surface area contributed by atoms with Gasteiger partial charge in [-0.3, -0.25) is 9.59 Å². The van der Waals surface area contributed by atoms with Gasteiger partial charge < -0.3 is 29.6 Å². The van der Waals surface area contributed by atoms with Gasteiger partial charge in [-0.2, -0.15) is 0 Å². The van der Waals surface area contributed by atoms with Crippen molar-refractivity contribution >= 4 is 28.9 Å². The number of ether oxygens (including phenoxy) is 4. The van der Waals surface area contributed by atoms with E-state index < -0.39 is 18.1 Å². The summed E-state index contributed by atoms with van der Waals surface area (Å²) in [4.78, 5) is 37.7. The van der Waals surface area contributed by atoms with Gasteiger partial charge in [0.15, 0.2) is 11.5 Å². The minimum Gasteiger partial charge on any atom is -0.493 e. The Labute approximate surface area is 237 Å². The molecule has 9 nitrogen and oxygen atoms in total. The van der Waals surface area contributed by atoms with E-state index in [2.05, 4.69) is 22.8 Å². The first-order chi connectivity index (χ1) is 19.4. The first-order valence-electron chi connectivity index (χ1n) is 12.7. The van der Waals surface area contributed by atoms with Gasteiger partial charge in [0.25, 0.3) is 0 Å². The van der Waals surface area contributed by atoms with Crippen molar-refractivity contribution in [1.82, 2.24) is 10.6 Å². The van der Waals surface area contributed by atoms with Gasteiger partial charge in [0, 0.05) is 17.4 Å². The van der Waals surface area contributed by atoms with Crippen molar-refractivity contribution in [2.24, 2.45) is 0 Å². The number of amides is 1. The molecule has 0 fully saturated rings. The highest BCUT2D eigenvalue weighted by Crippen LogP contribution is 2.44. The molecule has 10 heteroatoms. The van der Waals surface area contributed by atoms with E-state index in [9.17, 15) is 14.4 Å². The second kappa shape index (κ2) is 13.4. The normalized spacial score (nSPS) is 12.6. The molecule has 0 aromatic heterocycles. The molecular formula is C30H32N2O7S. The number of rotatable bonds is 11. The van der Waals surface area contributed by atoms with E-state index in [1.54, 1.807) is 19.1 Å². The number of fused-ring (bicyclic) bond motifs is 3. The Kier molecular flexibility index (Phi) is 9.68. The molecule has 0 saturated heterocycles. The first-order valence-corrected chi connectivity index (χ1v) is 13.5. The molecule has 40 heavy (non-hydrogen) atoms. The van der Waals surface area contributed by atoms with Gasteiger partial charge in [0.1, 0.15) is 12.6 Å². The number of hydrogen-bond acceptors (Lipinski definition) is 9. The molecule has 3 aromatic rings. The lowest BCUT2D eigenvalue weighted by molar-refractivity contribution is -0.142. The van der Waals surface area contributed by atoms with E-state index in [0.717, 1.165) is 34.0 Å². The highest BCUT2D eigenvalue weighted by atomic mass is 32.2. The van der Waals surface area contributed by atoms with E-state index in [1.165, 1.54) is 21.3 Å². The molecule has 0 bridgehead atoms. The summed E-state index contributed by atoms with van der Waals surface area (Å²) >= 11 is 0.951. The highest BCUT2D eigenvalue weighted by molar-refractivity contribution is 8.13. The minimum atomic E-state index is -0.670. The Morgan fingerprint density at radius 2 is 1.50 bits per heavy atom. The number of esters is 1. The van der Waals surface area contributed by atoms with Gasteiger partial charge in [0.05, 0.1) is 27.9 Å². The summed E-state index contributed by atoms with van der Waals surface area (Å²) in [7, 11) is 4.34. The maximum Gasteiger partial charge on any atom is 0.407 e. The van der Waals surface area contributed by atoms with Crippen LogP contribution in [0, 0.1) is 0 Å². The number of alkyl carbamates (subject to hydrolysis) is 1. The number of carbonyl (C=O) groups is 3. The fourth-order valence-corrected chi connectivity index (χ4v) is 5.43. The summed E-state index contributed by atoms with van der Waals surface area (Å²) in [6.07, 6.45) is -0.670. The molecule has 0 spiro atoms. The number of benzene rings is 3. The summed E-state index contributed by atoms with van der Waals surface area (Å²) in [5, 5.41) is 5.33. The zero-order chi connectivity index (χ0) is 28.6. The van der Waals surface area contributed by atoms with Crippen molar-refractivity contribution in [3.63, 3.8) is 0 Å². The summed E-state index contributed by atoms with van der Waals surface area (Å²) in [5.74, 6) is 0.459. The predicted octanol–water partition coefficient (Wildman–Crippen LogP) is 4.51. The molecule has 1 amide bonds. The predicted molar refractivity (Wildman–Crippen MR) is 152 cm³/mol. The molecule has 0 saturated carbocycles. The van der Waals surface area contributed by atoms with E-state index in [-0.39, 0.29) is 30.7 Å².